The van der Waals surface area contributed by atoms with Gasteiger partial charge in [-0.15, -0.1) is 0 Å². The summed E-state index contributed by atoms with van der Waals surface area (Å²) in [6.45, 7) is 14.5. The summed E-state index contributed by atoms with van der Waals surface area (Å²) in [6.07, 6.45) is 0. The summed E-state index contributed by atoms with van der Waals surface area (Å²) in [5.41, 5.74) is 0.0955. The van der Waals surface area contributed by atoms with Crippen molar-refractivity contribution >= 4 is 9.84 Å². The molecule has 1 aliphatic rings. The normalized spacial score (nSPS) is 26.6. The molecule has 1 saturated heterocycles. The fourth-order valence-corrected chi connectivity index (χ4v) is 4.23. The van der Waals surface area contributed by atoms with Gasteiger partial charge in [-0.1, -0.05) is 13.8 Å². The van der Waals surface area contributed by atoms with Gasteiger partial charge in [-0.05, 0) is 33.6 Å². The molecule has 19 heavy (non-hydrogen) atoms. The maximum atomic E-state index is 11.7. The van der Waals surface area contributed by atoms with Crippen LogP contribution in [0.15, 0.2) is 0 Å². The molecule has 0 aromatic rings. The third kappa shape index (κ3) is 5.40. The predicted molar refractivity (Wildman–Crippen MR) is 81.2 cm³/mol. The van der Waals surface area contributed by atoms with E-state index in [-0.39, 0.29) is 11.6 Å². The quantitative estimate of drug-likeness (QED) is 0.853. The summed E-state index contributed by atoms with van der Waals surface area (Å²) in [5, 5.41) is 3.55. The highest BCUT2D eigenvalue weighted by Gasteiger charge is 2.34. The second-order valence-electron chi connectivity index (χ2n) is 7.14. The molecule has 2 unspecified atom stereocenters. The summed E-state index contributed by atoms with van der Waals surface area (Å²) in [4.78, 5) is 2.37. The van der Waals surface area contributed by atoms with Gasteiger partial charge in [0.2, 0.25) is 0 Å². The molecule has 1 rings (SSSR count). The van der Waals surface area contributed by atoms with Crippen LogP contribution in [0.1, 0.15) is 41.5 Å². The lowest BCUT2D eigenvalue weighted by Crippen LogP contribution is -2.57. The minimum atomic E-state index is -2.83. The molecule has 2 atom stereocenters. The molecule has 0 radical (unpaired) electrons. The van der Waals surface area contributed by atoms with Gasteiger partial charge >= 0.3 is 0 Å². The highest BCUT2D eigenvalue weighted by Crippen LogP contribution is 2.20. The molecule has 114 valence electrons. The fraction of sp³-hybridized carbons (Fsp3) is 1.00. The third-order valence-electron chi connectivity index (χ3n) is 3.76. The second-order valence-corrected chi connectivity index (χ2v) is 9.37. The minimum absolute atomic E-state index is 0.0955. The van der Waals surface area contributed by atoms with E-state index in [0.717, 1.165) is 6.54 Å². The maximum Gasteiger partial charge on any atom is 0.153 e. The molecule has 1 aliphatic heterocycles. The van der Waals surface area contributed by atoms with Crippen molar-refractivity contribution in [2.45, 2.75) is 59.2 Å². The fourth-order valence-electron chi connectivity index (χ4n) is 2.65. The molecule has 0 saturated carbocycles. The van der Waals surface area contributed by atoms with Crippen LogP contribution >= 0.6 is 0 Å². The molecule has 0 aromatic carbocycles. The van der Waals surface area contributed by atoms with Gasteiger partial charge in [-0.3, -0.25) is 4.90 Å². The van der Waals surface area contributed by atoms with Gasteiger partial charge in [-0.2, -0.15) is 0 Å². The standard InChI is InChI=1S/C14H30N2O2S/c1-11(2)13(9-15-14(4,5)6)16-7-8-19(17,18)10-12(16)3/h11-13,15H,7-10H2,1-6H3. The Morgan fingerprint density at radius 1 is 1.32 bits per heavy atom. The molecule has 0 bridgehead atoms. The van der Waals surface area contributed by atoms with E-state index in [1.807, 2.05) is 6.92 Å². The van der Waals surface area contributed by atoms with Crippen LogP contribution in [0.3, 0.4) is 0 Å². The van der Waals surface area contributed by atoms with Crippen molar-refractivity contribution in [3.63, 3.8) is 0 Å². The first-order chi connectivity index (χ1) is 8.52. The summed E-state index contributed by atoms with van der Waals surface area (Å²) in [5.74, 6) is 1.11. The van der Waals surface area contributed by atoms with Crippen molar-refractivity contribution in [1.29, 1.82) is 0 Å². The number of nitrogens with zero attached hydrogens (tertiary/aromatic N) is 1. The van der Waals surface area contributed by atoms with E-state index >= 15 is 0 Å². The molecular weight excluding hydrogens is 260 g/mol. The van der Waals surface area contributed by atoms with Crippen LogP contribution in [0.4, 0.5) is 0 Å². The lowest BCUT2D eigenvalue weighted by molar-refractivity contribution is 0.114. The van der Waals surface area contributed by atoms with Crippen molar-refractivity contribution < 1.29 is 8.42 Å². The van der Waals surface area contributed by atoms with Gasteiger partial charge in [-0.25, -0.2) is 8.42 Å². The largest absolute Gasteiger partial charge is 0.311 e. The van der Waals surface area contributed by atoms with Crippen molar-refractivity contribution in [2.24, 2.45) is 5.92 Å². The molecule has 0 aromatic heterocycles. The van der Waals surface area contributed by atoms with E-state index in [0.29, 0.717) is 30.0 Å². The lowest BCUT2D eigenvalue weighted by Gasteiger charge is -2.42. The molecule has 4 nitrogen and oxygen atoms in total. The molecule has 1 N–H and O–H groups in total. The Labute approximate surface area is 118 Å². The van der Waals surface area contributed by atoms with E-state index in [1.165, 1.54) is 0 Å². The first kappa shape index (κ1) is 16.9. The van der Waals surface area contributed by atoms with Crippen LogP contribution in [0.25, 0.3) is 0 Å². The Morgan fingerprint density at radius 3 is 2.32 bits per heavy atom. The Bertz CT molecular complexity index is 385. The smallest absolute Gasteiger partial charge is 0.153 e. The van der Waals surface area contributed by atoms with E-state index < -0.39 is 9.84 Å². The maximum absolute atomic E-state index is 11.7. The Hall–Kier alpha value is -0.130. The number of sulfone groups is 1. The van der Waals surface area contributed by atoms with Crippen molar-refractivity contribution in [3.05, 3.63) is 0 Å². The number of hydrogen-bond acceptors (Lipinski definition) is 4. The molecule has 1 heterocycles. The van der Waals surface area contributed by atoms with E-state index in [9.17, 15) is 8.42 Å². The summed E-state index contributed by atoms with van der Waals surface area (Å²) >= 11 is 0. The van der Waals surface area contributed by atoms with Crippen LogP contribution in [-0.2, 0) is 9.84 Å². The van der Waals surface area contributed by atoms with Crippen molar-refractivity contribution in [1.82, 2.24) is 10.2 Å². The topological polar surface area (TPSA) is 49.4 Å². The zero-order valence-electron chi connectivity index (χ0n) is 13.2. The molecule has 0 aliphatic carbocycles. The SMILES string of the molecule is CC(C)C(CNC(C)(C)C)N1CCS(=O)(=O)CC1C. The Balaban J connectivity index is 2.72. The molecule has 0 spiro atoms. The van der Waals surface area contributed by atoms with Crippen LogP contribution in [-0.4, -0.2) is 55.5 Å². The van der Waals surface area contributed by atoms with Gasteiger partial charge in [0.25, 0.3) is 0 Å². The molecular formula is C14H30N2O2S. The van der Waals surface area contributed by atoms with Crippen LogP contribution in [0, 0.1) is 5.92 Å². The molecule has 5 heteroatoms. The van der Waals surface area contributed by atoms with E-state index in [2.05, 4.69) is 44.8 Å². The average Bonchev–Trinajstić information content (AvgIpc) is 2.18. The molecule has 0 amide bonds. The van der Waals surface area contributed by atoms with Crippen LogP contribution in [0.2, 0.25) is 0 Å². The zero-order chi connectivity index (χ0) is 14.8. The van der Waals surface area contributed by atoms with Crippen molar-refractivity contribution in [3.8, 4) is 0 Å². The number of nitrogens with one attached hydrogen (secondary N) is 1. The average molecular weight is 290 g/mol. The van der Waals surface area contributed by atoms with Gasteiger partial charge in [0.15, 0.2) is 9.84 Å². The first-order valence-corrected chi connectivity index (χ1v) is 9.05. The Kier molecular flexibility index (Phi) is 5.43. The summed E-state index contributed by atoms with van der Waals surface area (Å²) in [7, 11) is -2.83. The monoisotopic (exact) mass is 290 g/mol. The summed E-state index contributed by atoms with van der Waals surface area (Å²) < 4.78 is 23.3. The summed E-state index contributed by atoms with van der Waals surface area (Å²) in [6, 6.07) is 0.512. The predicted octanol–water partition coefficient (Wildman–Crippen LogP) is 1.52. The molecule has 1 fully saturated rings. The lowest BCUT2D eigenvalue weighted by atomic mass is 9.99. The zero-order valence-corrected chi connectivity index (χ0v) is 14.0. The highest BCUT2D eigenvalue weighted by atomic mass is 32.2. The Morgan fingerprint density at radius 2 is 1.89 bits per heavy atom. The second kappa shape index (κ2) is 6.10. The first-order valence-electron chi connectivity index (χ1n) is 7.23. The van der Waals surface area contributed by atoms with Gasteiger partial charge in [0.05, 0.1) is 11.5 Å². The van der Waals surface area contributed by atoms with Gasteiger partial charge < -0.3 is 5.32 Å². The number of rotatable bonds is 4. The third-order valence-corrected chi connectivity index (χ3v) is 5.55. The van der Waals surface area contributed by atoms with E-state index in [1.54, 1.807) is 0 Å². The van der Waals surface area contributed by atoms with E-state index in [4.69, 9.17) is 0 Å². The van der Waals surface area contributed by atoms with Crippen LogP contribution in [0.5, 0.6) is 0 Å². The van der Waals surface area contributed by atoms with Crippen molar-refractivity contribution in [2.75, 3.05) is 24.6 Å². The number of hydrogen-bond donors (Lipinski definition) is 1. The van der Waals surface area contributed by atoms with Gasteiger partial charge in [0.1, 0.15) is 0 Å². The minimum Gasteiger partial charge on any atom is -0.311 e. The van der Waals surface area contributed by atoms with Crippen LogP contribution < -0.4 is 5.32 Å². The van der Waals surface area contributed by atoms with Gasteiger partial charge in [0, 0.05) is 30.7 Å². The highest BCUT2D eigenvalue weighted by molar-refractivity contribution is 7.91.